The van der Waals surface area contributed by atoms with Gasteiger partial charge in [0.25, 0.3) is 5.56 Å². The van der Waals surface area contributed by atoms with Crippen molar-refractivity contribution in [3.05, 3.63) is 45.1 Å². The van der Waals surface area contributed by atoms with Crippen molar-refractivity contribution in [2.75, 3.05) is 19.5 Å². The number of aromatic nitrogens is 2. The first kappa shape index (κ1) is 16.8. The van der Waals surface area contributed by atoms with E-state index < -0.39 is 0 Å². The van der Waals surface area contributed by atoms with E-state index in [4.69, 9.17) is 4.74 Å². The van der Waals surface area contributed by atoms with Crippen LogP contribution < -0.4 is 5.56 Å². The topological polar surface area (TPSA) is 55.0 Å². The molecule has 2 aromatic heterocycles. The average Bonchev–Trinajstić information content (AvgIpc) is 3.06. The highest BCUT2D eigenvalue weighted by atomic mass is 32.2. The van der Waals surface area contributed by atoms with Crippen LogP contribution in [-0.2, 0) is 17.6 Å². The molecule has 4 nitrogen and oxygen atoms in total. The fourth-order valence-electron chi connectivity index (χ4n) is 3.33. The van der Waals surface area contributed by atoms with E-state index in [-0.39, 0.29) is 5.56 Å². The molecule has 0 spiro atoms. The first-order chi connectivity index (χ1) is 12.3. The summed E-state index contributed by atoms with van der Waals surface area (Å²) in [6.45, 7) is 0.636. The Labute approximate surface area is 154 Å². The monoisotopic (exact) mass is 372 g/mol. The summed E-state index contributed by atoms with van der Waals surface area (Å²) in [6, 6.07) is 6.63. The van der Waals surface area contributed by atoms with Crippen molar-refractivity contribution in [3.8, 4) is 11.1 Å². The SMILES string of the molecule is COCCSc1nc2scc(-c3ccc4c(c3)CCCC4)c2c(=O)[nH]1. The fourth-order valence-corrected chi connectivity index (χ4v) is 5.10. The zero-order chi connectivity index (χ0) is 17.2. The number of aryl methyl sites for hydroxylation is 2. The van der Waals surface area contributed by atoms with Crippen molar-refractivity contribution >= 4 is 33.3 Å². The van der Waals surface area contributed by atoms with Gasteiger partial charge in [0.05, 0.1) is 12.0 Å². The largest absolute Gasteiger partial charge is 0.384 e. The molecule has 3 aromatic rings. The molecule has 0 saturated carbocycles. The summed E-state index contributed by atoms with van der Waals surface area (Å²) in [6.07, 6.45) is 4.84. The molecule has 4 rings (SSSR count). The van der Waals surface area contributed by atoms with Gasteiger partial charge in [-0.15, -0.1) is 11.3 Å². The van der Waals surface area contributed by atoms with Crippen LogP contribution in [0.3, 0.4) is 0 Å². The maximum absolute atomic E-state index is 12.6. The summed E-state index contributed by atoms with van der Waals surface area (Å²) in [7, 11) is 1.67. The van der Waals surface area contributed by atoms with Crippen LogP contribution in [0.25, 0.3) is 21.3 Å². The number of hydrogen-bond acceptors (Lipinski definition) is 5. The highest BCUT2D eigenvalue weighted by Gasteiger charge is 2.15. The van der Waals surface area contributed by atoms with E-state index in [0.29, 0.717) is 17.1 Å². The van der Waals surface area contributed by atoms with Crippen molar-refractivity contribution in [2.45, 2.75) is 30.8 Å². The molecule has 0 atom stereocenters. The van der Waals surface area contributed by atoms with E-state index in [1.807, 2.05) is 0 Å². The molecular weight excluding hydrogens is 352 g/mol. The number of methoxy groups -OCH3 is 1. The summed E-state index contributed by atoms with van der Waals surface area (Å²) in [4.78, 5) is 21.0. The van der Waals surface area contributed by atoms with E-state index in [1.165, 1.54) is 53.5 Å². The maximum atomic E-state index is 12.6. The second kappa shape index (κ2) is 7.32. The number of fused-ring (bicyclic) bond motifs is 2. The minimum Gasteiger partial charge on any atom is -0.384 e. The predicted octanol–water partition coefficient (Wildman–Crippen LogP) is 4.27. The highest BCUT2D eigenvalue weighted by Crippen LogP contribution is 2.34. The molecule has 0 unspecified atom stereocenters. The number of aromatic amines is 1. The van der Waals surface area contributed by atoms with Crippen molar-refractivity contribution in [1.29, 1.82) is 0 Å². The molecule has 0 radical (unpaired) electrons. The Balaban J connectivity index is 1.72. The third-order valence-electron chi connectivity index (χ3n) is 4.61. The number of benzene rings is 1. The van der Waals surface area contributed by atoms with Gasteiger partial charge in [-0.05, 0) is 42.4 Å². The summed E-state index contributed by atoms with van der Waals surface area (Å²) >= 11 is 3.05. The second-order valence-corrected chi connectivity index (χ2v) is 8.17. The Morgan fingerprint density at radius 2 is 2.12 bits per heavy atom. The number of ether oxygens (including phenoxy) is 1. The molecule has 0 fully saturated rings. The minimum atomic E-state index is -0.0566. The lowest BCUT2D eigenvalue weighted by Crippen LogP contribution is -2.09. The number of thiophene rings is 1. The second-order valence-electron chi connectivity index (χ2n) is 6.23. The van der Waals surface area contributed by atoms with E-state index in [1.54, 1.807) is 7.11 Å². The number of H-pyrrole nitrogens is 1. The fraction of sp³-hybridized carbons (Fsp3) is 0.368. The Morgan fingerprint density at radius 3 is 2.96 bits per heavy atom. The van der Waals surface area contributed by atoms with Crippen LogP contribution >= 0.6 is 23.1 Å². The third-order valence-corrected chi connectivity index (χ3v) is 6.32. The summed E-state index contributed by atoms with van der Waals surface area (Å²) in [5.41, 5.74) is 4.95. The van der Waals surface area contributed by atoms with Crippen LogP contribution in [0.1, 0.15) is 24.0 Å². The van der Waals surface area contributed by atoms with Gasteiger partial charge in [-0.3, -0.25) is 4.79 Å². The molecule has 0 saturated heterocycles. The molecule has 25 heavy (non-hydrogen) atoms. The van der Waals surface area contributed by atoms with Crippen molar-refractivity contribution < 1.29 is 4.74 Å². The lowest BCUT2D eigenvalue weighted by Gasteiger charge is -2.16. The van der Waals surface area contributed by atoms with Crippen LogP contribution in [0.2, 0.25) is 0 Å². The molecule has 2 heterocycles. The van der Waals surface area contributed by atoms with E-state index in [9.17, 15) is 4.79 Å². The standard InChI is InChI=1S/C19H20N2O2S2/c1-23-8-9-24-19-20-17(22)16-15(11-25-18(16)21-19)14-7-6-12-4-2-3-5-13(12)10-14/h6-7,10-11H,2-5,8-9H2,1H3,(H,20,21,22). The first-order valence-electron chi connectivity index (χ1n) is 8.51. The van der Waals surface area contributed by atoms with E-state index >= 15 is 0 Å². The normalized spacial score (nSPS) is 14.0. The molecule has 1 aliphatic carbocycles. The van der Waals surface area contributed by atoms with Crippen molar-refractivity contribution in [1.82, 2.24) is 9.97 Å². The molecule has 1 aliphatic rings. The number of thioether (sulfide) groups is 1. The van der Waals surface area contributed by atoms with Crippen LogP contribution in [0.15, 0.2) is 33.5 Å². The van der Waals surface area contributed by atoms with Gasteiger partial charge in [0, 0.05) is 23.8 Å². The van der Waals surface area contributed by atoms with Gasteiger partial charge >= 0.3 is 0 Å². The van der Waals surface area contributed by atoms with Crippen molar-refractivity contribution in [2.24, 2.45) is 0 Å². The van der Waals surface area contributed by atoms with Gasteiger partial charge in [0.1, 0.15) is 4.83 Å². The Kier molecular flexibility index (Phi) is 4.92. The Bertz CT molecular complexity index is 962. The molecule has 6 heteroatoms. The van der Waals surface area contributed by atoms with Crippen LogP contribution in [0.4, 0.5) is 0 Å². The summed E-state index contributed by atoms with van der Waals surface area (Å²) in [5.74, 6) is 0.772. The smallest absolute Gasteiger partial charge is 0.260 e. The lowest BCUT2D eigenvalue weighted by molar-refractivity contribution is 0.218. The molecule has 0 amide bonds. The number of nitrogens with one attached hydrogen (secondary N) is 1. The number of rotatable bonds is 5. The van der Waals surface area contributed by atoms with E-state index in [0.717, 1.165) is 28.1 Å². The average molecular weight is 373 g/mol. The number of nitrogens with zero attached hydrogens (tertiary/aromatic N) is 1. The quantitative estimate of drug-likeness (QED) is 0.413. The summed E-state index contributed by atoms with van der Waals surface area (Å²) in [5, 5.41) is 3.42. The van der Waals surface area contributed by atoms with Gasteiger partial charge in [-0.1, -0.05) is 30.0 Å². The van der Waals surface area contributed by atoms with Gasteiger partial charge in [-0.25, -0.2) is 4.98 Å². The van der Waals surface area contributed by atoms with Crippen LogP contribution in [0, 0.1) is 0 Å². The summed E-state index contributed by atoms with van der Waals surface area (Å²) < 4.78 is 5.05. The van der Waals surface area contributed by atoms with E-state index in [2.05, 4.69) is 33.5 Å². The zero-order valence-electron chi connectivity index (χ0n) is 14.1. The molecule has 0 bridgehead atoms. The van der Waals surface area contributed by atoms with Crippen LogP contribution in [0.5, 0.6) is 0 Å². The minimum absolute atomic E-state index is 0.0566. The molecule has 1 aromatic carbocycles. The molecular formula is C19H20N2O2S2. The maximum Gasteiger partial charge on any atom is 0.260 e. The van der Waals surface area contributed by atoms with Gasteiger partial charge in [0.2, 0.25) is 0 Å². The highest BCUT2D eigenvalue weighted by molar-refractivity contribution is 7.99. The predicted molar refractivity (Wildman–Crippen MR) is 105 cm³/mol. The lowest BCUT2D eigenvalue weighted by atomic mass is 9.89. The molecule has 0 aliphatic heterocycles. The number of hydrogen-bond donors (Lipinski definition) is 1. The van der Waals surface area contributed by atoms with Crippen molar-refractivity contribution in [3.63, 3.8) is 0 Å². The Morgan fingerprint density at radius 1 is 1.28 bits per heavy atom. The molecule has 130 valence electrons. The zero-order valence-corrected chi connectivity index (χ0v) is 15.8. The third kappa shape index (κ3) is 3.38. The first-order valence-corrected chi connectivity index (χ1v) is 10.4. The van der Waals surface area contributed by atoms with Gasteiger partial charge in [0.15, 0.2) is 5.16 Å². The molecule has 1 N–H and O–H groups in total. The Hall–Kier alpha value is -1.63. The van der Waals surface area contributed by atoms with Gasteiger partial charge in [-0.2, -0.15) is 0 Å². The van der Waals surface area contributed by atoms with Gasteiger partial charge < -0.3 is 9.72 Å². The van der Waals surface area contributed by atoms with Crippen LogP contribution in [-0.4, -0.2) is 29.4 Å².